The van der Waals surface area contributed by atoms with Gasteiger partial charge in [-0.2, -0.15) is 0 Å². The predicted octanol–water partition coefficient (Wildman–Crippen LogP) is 2.53. The summed E-state index contributed by atoms with van der Waals surface area (Å²) in [6.07, 6.45) is 0. The molecule has 0 amide bonds. The highest BCUT2D eigenvalue weighted by Crippen LogP contribution is 2.29. The summed E-state index contributed by atoms with van der Waals surface area (Å²) in [5, 5.41) is 8.73. The first kappa shape index (κ1) is 10.4. The normalized spacial score (nSPS) is 21.1. The molecule has 16 heavy (non-hydrogen) atoms. The summed E-state index contributed by atoms with van der Waals surface area (Å²) in [5.41, 5.74) is 1.10. The van der Waals surface area contributed by atoms with Gasteiger partial charge in [0, 0.05) is 11.9 Å². The van der Waals surface area contributed by atoms with Crippen LogP contribution in [0.1, 0.15) is 11.7 Å². The van der Waals surface area contributed by atoms with E-state index < -0.39 is 0 Å². The van der Waals surface area contributed by atoms with Crippen molar-refractivity contribution in [3.8, 4) is 9.88 Å². The summed E-state index contributed by atoms with van der Waals surface area (Å²) < 4.78 is 5.44. The van der Waals surface area contributed by atoms with Crippen LogP contribution < -0.4 is 5.32 Å². The number of thiazole rings is 1. The van der Waals surface area contributed by atoms with Crippen molar-refractivity contribution in [2.75, 3.05) is 19.8 Å². The minimum atomic E-state index is 0.263. The first-order chi connectivity index (χ1) is 7.93. The number of thiophene rings is 1. The van der Waals surface area contributed by atoms with E-state index in [9.17, 15) is 0 Å². The number of rotatable bonds is 2. The summed E-state index contributed by atoms with van der Waals surface area (Å²) in [7, 11) is 0. The van der Waals surface area contributed by atoms with Gasteiger partial charge in [-0.15, -0.1) is 22.7 Å². The van der Waals surface area contributed by atoms with Crippen LogP contribution in [0.3, 0.4) is 0 Å². The van der Waals surface area contributed by atoms with Crippen LogP contribution in [-0.4, -0.2) is 24.7 Å². The summed E-state index contributed by atoms with van der Waals surface area (Å²) in [6.45, 7) is 2.45. The predicted molar refractivity (Wildman–Crippen MR) is 67.0 cm³/mol. The topological polar surface area (TPSA) is 34.1 Å². The zero-order valence-corrected chi connectivity index (χ0v) is 10.3. The maximum absolute atomic E-state index is 5.44. The van der Waals surface area contributed by atoms with Gasteiger partial charge in [-0.3, -0.25) is 0 Å². The van der Waals surface area contributed by atoms with Crippen molar-refractivity contribution in [2.24, 2.45) is 0 Å². The highest BCUT2D eigenvalue weighted by molar-refractivity contribution is 7.20. The van der Waals surface area contributed by atoms with Crippen LogP contribution in [0.2, 0.25) is 0 Å². The first-order valence-electron chi connectivity index (χ1n) is 5.24. The van der Waals surface area contributed by atoms with Crippen LogP contribution in [0.25, 0.3) is 9.88 Å². The lowest BCUT2D eigenvalue weighted by Crippen LogP contribution is -2.34. The van der Waals surface area contributed by atoms with Crippen molar-refractivity contribution in [3.05, 3.63) is 28.6 Å². The molecule has 2 aromatic rings. The third-order valence-electron chi connectivity index (χ3n) is 2.53. The Balaban J connectivity index is 1.82. The van der Waals surface area contributed by atoms with Crippen LogP contribution in [0.4, 0.5) is 0 Å². The molecule has 2 aromatic heterocycles. The summed E-state index contributed by atoms with van der Waals surface area (Å²) >= 11 is 3.44. The standard InChI is InChI=1S/C11H12N2OS2/c1-2-10(15-5-1)11-13-9(7-16-11)8-6-14-4-3-12-8/h1-2,5,7-8,12H,3-4,6H2. The minimum Gasteiger partial charge on any atom is -0.378 e. The van der Waals surface area contributed by atoms with E-state index >= 15 is 0 Å². The van der Waals surface area contributed by atoms with Crippen LogP contribution >= 0.6 is 22.7 Å². The zero-order valence-electron chi connectivity index (χ0n) is 8.68. The molecule has 1 fully saturated rings. The Kier molecular flexibility index (Phi) is 3.01. The highest BCUT2D eigenvalue weighted by atomic mass is 32.1. The molecule has 0 aliphatic carbocycles. The lowest BCUT2D eigenvalue weighted by atomic mass is 10.2. The van der Waals surface area contributed by atoms with Gasteiger partial charge in [-0.25, -0.2) is 4.98 Å². The molecule has 3 nitrogen and oxygen atoms in total. The molecule has 0 aromatic carbocycles. The second kappa shape index (κ2) is 4.63. The first-order valence-corrected chi connectivity index (χ1v) is 7.00. The largest absolute Gasteiger partial charge is 0.378 e. The third-order valence-corrected chi connectivity index (χ3v) is 4.43. The SMILES string of the molecule is c1csc(-c2nc(C3COCCN3)cs2)c1. The Morgan fingerprint density at radius 1 is 1.44 bits per heavy atom. The highest BCUT2D eigenvalue weighted by Gasteiger charge is 2.18. The lowest BCUT2D eigenvalue weighted by Gasteiger charge is -2.21. The van der Waals surface area contributed by atoms with Crippen molar-refractivity contribution in [2.45, 2.75) is 6.04 Å². The van der Waals surface area contributed by atoms with Gasteiger partial charge in [0.05, 0.1) is 29.8 Å². The van der Waals surface area contributed by atoms with Gasteiger partial charge in [0.1, 0.15) is 5.01 Å². The van der Waals surface area contributed by atoms with Crippen molar-refractivity contribution in [1.82, 2.24) is 10.3 Å². The van der Waals surface area contributed by atoms with Gasteiger partial charge in [0.15, 0.2) is 0 Å². The maximum atomic E-state index is 5.44. The molecular formula is C11H12N2OS2. The molecule has 1 N–H and O–H groups in total. The second-order valence-electron chi connectivity index (χ2n) is 3.64. The molecule has 0 saturated carbocycles. The second-order valence-corrected chi connectivity index (χ2v) is 5.44. The number of hydrogen-bond donors (Lipinski definition) is 1. The fraction of sp³-hybridized carbons (Fsp3) is 0.364. The number of aromatic nitrogens is 1. The van der Waals surface area contributed by atoms with Crippen LogP contribution in [0.5, 0.6) is 0 Å². The number of morpholine rings is 1. The monoisotopic (exact) mass is 252 g/mol. The number of nitrogens with one attached hydrogen (secondary N) is 1. The molecule has 1 atom stereocenters. The number of hydrogen-bond acceptors (Lipinski definition) is 5. The van der Waals surface area contributed by atoms with Crippen LogP contribution in [-0.2, 0) is 4.74 Å². The minimum absolute atomic E-state index is 0.263. The van der Waals surface area contributed by atoms with Crippen molar-refractivity contribution in [3.63, 3.8) is 0 Å². The van der Waals surface area contributed by atoms with Gasteiger partial charge in [0.2, 0.25) is 0 Å². The van der Waals surface area contributed by atoms with E-state index in [1.165, 1.54) is 4.88 Å². The van der Waals surface area contributed by atoms with Crippen molar-refractivity contribution >= 4 is 22.7 Å². The Labute approximate surface area is 102 Å². The van der Waals surface area contributed by atoms with Crippen LogP contribution in [0, 0.1) is 0 Å². The van der Waals surface area contributed by atoms with E-state index in [0.29, 0.717) is 0 Å². The fourth-order valence-corrected chi connectivity index (χ4v) is 3.40. The molecule has 0 radical (unpaired) electrons. The Morgan fingerprint density at radius 2 is 2.44 bits per heavy atom. The number of nitrogens with zero attached hydrogens (tertiary/aromatic N) is 1. The van der Waals surface area contributed by atoms with Gasteiger partial charge >= 0.3 is 0 Å². The molecule has 1 aliphatic heterocycles. The van der Waals surface area contributed by atoms with E-state index in [2.05, 4.69) is 33.2 Å². The fourth-order valence-electron chi connectivity index (χ4n) is 1.72. The Morgan fingerprint density at radius 3 is 3.19 bits per heavy atom. The van der Waals surface area contributed by atoms with E-state index in [4.69, 9.17) is 4.74 Å². The van der Waals surface area contributed by atoms with Gasteiger partial charge in [-0.1, -0.05) is 6.07 Å². The van der Waals surface area contributed by atoms with E-state index in [1.54, 1.807) is 22.7 Å². The average molecular weight is 252 g/mol. The van der Waals surface area contributed by atoms with Gasteiger partial charge < -0.3 is 10.1 Å². The summed E-state index contributed by atoms with van der Waals surface area (Å²) in [5.74, 6) is 0. The van der Waals surface area contributed by atoms with Crippen molar-refractivity contribution in [1.29, 1.82) is 0 Å². The van der Waals surface area contributed by atoms with Crippen LogP contribution in [0.15, 0.2) is 22.9 Å². The molecule has 0 spiro atoms. The van der Waals surface area contributed by atoms with Crippen molar-refractivity contribution < 1.29 is 4.74 Å². The van der Waals surface area contributed by atoms with Gasteiger partial charge in [0.25, 0.3) is 0 Å². The molecule has 1 saturated heterocycles. The average Bonchev–Trinajstić information content (AvgIpc) is 3.01. The molecular weight excluding hydrogens is 240 g/mol. The van der Waals surface area contributed by atoms with E-state index in [0.717, 1.165) is 30.5 Å². The molecule has 3 rings (SSSR count). The quantitative estimate of drug-likeness (QED) is 0.892. The van der Waals surface area contributed by atoms with Gasteiger partial charge in [-0.05, 0) is 11.4 Å². The Hall–Kier alpha value is -0.750. The molecule has 3 heterocycles. The maximum Gasteiger partial charge on any atom is 0.133 e. The zero-order chi connectivity index (χ0) is 10.8. The molecule has 1 aliphatic rings. The summed E-state index contributed by atoms with van der Waals surface area (Å²) in [6, 6.07) is 4.43. The third kappa shape index (κ3) is 2.04. The molecule has 0 bridgehead atoms. The van der Waals surface area contributed by atoms with E-state index in [-0.39, 0.29) is 6.04 Å². The Bertz CT molecular complexity index is 446. The number of ether oxygens (including phenoxy) is 1. The summed E-state index contributed by atoms with van der Waals surface area (Å²) in [4.78, 5) is 5.91. The molecule has 1 unspecified atom stereocenters. The smallest absolute Gasteiger partial charge is 0.133 e. The molecule has 84 valence electrons. The molecule has 5 heteroatoms. The van der Waals surface area contributed by atoms with E-state index in [1.807, 2.05) is 0 Å². The lowest BCUT2D eigenvalue weighted by molar-refractivity contribution is 0.0758.